The van der Waals surface area contributed by atoms with Crippen molar-refractivity contribution in [2.24, 2.45) is 0 Å². The van der Waals surface area contributed by atoms with Gasteiger partial charge in [-0.1, -0.05) is 25.5 Å². The van der Waals surface area contributed by atoms with Crippen LogP contribution in [0.1, 0.15) is 32.3 Å². The molecule has 1 aliphatic heterocycles. The molecule has 0 aromatic heterocycles. The summed E-state index contributed by atoms with van der Waals surface area (Å²) in [5, 5.41) is 0. The van der Waals surface area contributed by atoms with E-state index < -0.39 is 0 Å². The number of carbonyl (C=O) groups excluding carboxylic acids is 2. The number of ether oxygens (including phenoxy) is 3. The minimum absolute atomic E-state index is 0.248. The first-order valence-electron chi connectivity index (χ1n) is 10.1. The van der Waals surface area contributed by atoms with Gasteiger partial charge in [0.05, 0.1) is 25.4 Å². The highest BCUT2D eigenvalue weighted by molar-refractivity contribution is 6.35. The zero-order chi connectivity index (χ0) is 21.2. The Bertz CT molecular complexity index is 706. The average molecular weight is 405 g/mol. The smallest absolute Gasteiger partial charge is 0.277 e. The van der Waals surface area contributed by atoms with Crippen molar-refractivity contribution in [1.29, 1.82) is 0 Å². The Morgan fingerprint density at radius 3 is 2.07 bits per heavy atom. The molecule has 2 amide bonds. The number of rotatable bonds is 13. The van der Waals surface area contributed by atoms with Gasteiger partial charge < -0.3 is 19.1 Å². The lowest BCUT2D eigenvalue weighted by Crippen LogP contribution is -2.38. The van der Waals surface area contributed by atoms with E-state index in [1.165, 1.54) is 4.90 Å². The molecule has 0 saturated carbocycles. The largest absolute Gasteiger partial charge is 0.494 e. The van der Waals surface area contributed by atoms with Crippen LogP contribution in [0.4, 0.5) is 0 Å². The molecule has 0 aliphatic carbocycles. The molecule has 0 unspecified atom stereocenters. The van der Waals surface area contributed by atoms with E-state index in [1.807, 2.05) is 43.0 Å². The van der Waals surface area contributed by atoms with E-state index in [1.54, 1.807) is 14.2 Å². The van der Waals surface area contributed by atoms with E-state index in [0.29, 0.717) is 56.3 Å². The second kappa shape index (κ2) is 11.6. The van der Waals surface area contributed by atoms with Gasteiger partial charge in [-0.25, -0.2) is 0 Å². The summed E-state index contributed by atoms with van der Waals surface area (Å²) in [7, 11) is 3.23. The summed E-state index contributed by atoms with van der Waals surface area (Å²) in [6.45, 7) is 6.82. The third-order valence-corrected chi connectivity index (χ3v) is 4.78. The van der Waals surface area contributed by atoms with Crippen LogP contribution in [0.5, 0.6) is 5.75 Å². The zero-order valence-electron chi connectivity index (χ0n) is 17.9. The fourth-order valence-corrected chi connectivity index (χ4v) is 3.26. The summed E-state index contributed by atoms with van der Waals surface area (Å²) in [6.07, 6.45) is 1.68. The molecule has 1 aromatic rings. The van der Waals surface area contributed by atoms with Crippen molar-refractivity contribution in [2.45, 2.75) is 26.7 Å². The molecule has 0 atom stereocenters. The molecule has 0 radical (unpaired) electrons. The number of hydrogen-bond donors (Lipinski definition) is 0. The summed E-state index contributed by atoms with van der Waals surface area (Å²) in [4.78, 5) is 29.7. The van der Waals surface area contributed by atoms with Gasteiger partial charge >= 0.3 is 0 Å². The lowest BCUT2D eigenvalue weighted by molar-refractivity contribution is -0.137. The quantitative estimate of drug-likeness (QED) is 0.471. The van der Waals surface area contributed by atoms with Gasteiger partial charge in [-0.2, -0.15) is 0 Å². The highest BCUT2D eigenvalue weighted by atomic mass is 16.5. The Morgan fingerprint density at radius 2 is 1.55 bits per heavy atom. The van der Waals surface area contributed by atoms with Gasteiger partial charge in [-0.3, -0.25) is 14.5 Å². The molecule has 1 heterocycles. The molecule has 160 valence electrons. The van der Waals surface area contributed by atoms with Gasteiger partial charge in [0.2, 0.25) is 0 Å². The SMILES string of the molecule is CCCCN1C(=O)C(c2ccc(OCC)cc2)=C(N(CCOC)CCOC)C1=O. The van der Waals surface area contributed by atoms with Crippen LogP contribution in [0.15, 0.2) is 30.0 Å². The Kier molecular flexibility index (Phi) is 9.15. The number of imide groups is 1. The number of methoxy groups -OCH3 is 2. The monoisotopic (exact) mass is 404 g/mol. The van der Waals surface area contributed by atoms with E-state index in [0.717, 1.165) is 18.6 Å². The van der Waals surface area contributed by atoms with Crippen LogP contribution in [0.2, 0.25) is 0 Å². The molecular weight excluding hydrogens is 372 g/mol. The normalized spacial score (nSPS) is 14.1. The minimum Gasteiger partial charge on any atom is -0.494 e. The average Bonchev–Trinajstić information content (AvgIpc) is 2.97. The molecule has 0 fully saturated rings. The van der Waals surface area contributed by atoms with Gasteiger partial charge in [0.25, 0.3) is 11.8 Å². The maximum absolute atomic E-state index is 13.2. The number of unbranched alkanes of at least 4 members (excludes halogenated alkanes) is 1. The van der Waals surface area contributed by atoms with Crippen molar-refractivity contribution in [3.8, 4) is 5.75 Å². The van der Waals surface area contributed by atoms with Crippen LogP contribution in [0.3, 0.4) is 0 Å². The summed E-state index contributed by atoms with van der Waals surface area (Å²) < 4.78 is 15.9. The maximum atomic E-state index is 13.2. The summed E-state index contributed by atoms with van der Waals surface area (Å²) >= 11 is 0. The van der Waals surface area contributed by atoms with Crippen LogP contribution in [0, 0.1) is 0 Å². The molecule has 7 heteroatoms. The lowest BCUT2D eigenvalue weighted by atomic mass is 10.0. The van der Waals surface area contributed by atoms with Crippen molar-refractivity contribution in [3.05, 3.63) is 35.5 Å². The fourth-order valence-electron chi connectivity index (χ4n) is 3.26. The van der Waals surface area contributed by atoms with Crippen LogP contribution in [-0.2, 0) is 19.1 Å². The van der Waals surface area contributed by atoms with Crippen molar-refractivity contribution in [2.75, 3.05) is 53.7 Å². The van der Waals surface area contributed by atoms with Gasteiger partial charge in [0, 0.05) is 33.9 Å². The highest BCUT2D eigenvalue weighted by Crippen LogP contribution is 2.32. The maximum Gasteiger partial charge on any atom is 0.277 e. The first kappa shape index (κ1) is 22.9. The van der Waals surface area contributed by atoms with Crippen LogP contribution in [-0.4, -0.2) is 75.3 Å². The molecule has 0 saturated heterocycles. The number of benzene rings is 1. The summed E-state index contributed by atoms with van der Waals surface area (Å²) in [5.74, 6) is 0.232. The van der Waals surface area contributed by atoms with E-state index in [4.69, 9.17) is 14.2 Å². The molecule has 0 N–H and O–H groups in total. The lowest BCUT2D eigenvalue weighted by Gasteiger charge is -2.25. The third kappa shape index (κ3) is 5.58. The van der Waals surface area contributed by atoms with Crippen molar-refractivity contribution >= 4 is 17.4 Å². The Hall–Kier alpha value is -2.38. The fraction of sp³-hybridized carbons (Fsp3) is 0.545. The first-order chi connectivity index (χ1) is 14.1. The number of carbonyl (C=O) groups is 2. The molecular formula is C22H32N2O5. The van der Waals surface area contributed by atoms with E-state index >= 15 is 0 Å². The number of hydrogen-bond acceptors (Lipinski definition) is 6. The molecule has 7 nitrogen and oxygen atoms in total. The number of amides is 2. The summed E-state index contributed by atoms with van der Waals surface area (Å²) in [6, 6.07) is 7.31. The zero-order valence-corrected chi connectivity index (χ0v) is 17.9. The summed E-state index contributed by atoms with van der Waals surface area (Å²) in [5.41, 5.74) is 1.56. The van der Waals surface area contributed by atoms with Crippen molar-refractivity contribution in [1.82, 2.24) is 9.80 Å². The van der Waals surface area contributed by atoms with Gasteiger partial charge in [0.1, 0.15) is 11.4 Å². The van der Waals surface area contributed by atoms with Crippen LogP contribution >= 0.6 is 0 Å². The Morgan fingerprint density at radius 1 is 0.931 bits per heavy atom. The Labute approximate surface area is 173 Å². The molecule has 29 heavy (non-hydrogen) atoms. The molecule has 1 aromatic carbocycles. The van der Waals surface area contributed by atoms with Crippen molar-refractivity contribution in [3.63, 3.8) is 0 Å². The van der Waals surface area contributed by atoms with Gasteiger partial charge in [-0.05, 0) is 31.0 Å². The van der Waals surface area contributed by atoms with Crippen LogP contribution < -0.4 is 4.74 Å². The highest BCUT2D eigenvalue weighted by Gasteiger charge is 2.41. The standard InChI is InChI=1S/C22H32N2O5/c1-5-7-12-24-21(25)19(17-8-10-18(11-9-17)29-6-2)20(22(24)26)23(13-15-27-3)14-16-28-4/h8-11H,5-7,12-16H2,1-4H3. The van der Waals surface area contributed by atoms with E-state index in [2.05, 4.69) is 0 Å². The van der Waals surface area contributed by atoms with Gasteiger partial charge in [-0.15, -0.1) is 0 Å². The predicted octanol–water partition coefficient (Wildman–Crippen LogP) is 2.56. The Balaban J connectivity index is 2.47. The molecule has 1 aliphatic rings. The minimum atomic E-state index is -0.250. The second-order valence-electron chi connectivity index (χ2n) is 6.77. The molecule has 0 spiro atoms. The van der Waals surface area contributed by atoms with Crippen LogP contribution in [0.25, 0.3) is 5.57 Å². The number of nitrogens with zero attached hydrogens (tertiary/aromatic N) is 2. The third-order valence-electron chi connectivity index (χ3n) is 4.78. The second-order valence-corrected chi connectivity index (χ2v) is 6.77. The molecule has 2 rings (SSSR count). The van der Waals surface area contributed by atoms with E-state index in [-0.39, 0.29) is 11.8 Å². The van der Waals surface area contributed by atoms with Crippen molar-refractivity contribution < 1.29 is 23.8 Å². The topological polar surface area (TPSA) is 68.3 Å². The predicted molar refractivity (Wildman–Crippen MR) is 111 cm³/mol. The van der Waals surface area contributed by atoms with Gasteiger partial charge in [0.15, 0.2) is 0 Å². The first-order valence-corrected chi connectivity index (χ1v) is 10.1. The molecule has 0 bridgehead atoms. The van der Waals surface area contributed by atoms with E-state index in [9.17, 15) is 9.59 Å².